The molecule has 46 heavy (non-hydrogen) atoms. The van der Waals surface area contributed by atoms with Gasteiger partial charge in [-0.05, 0) is 47.2 Å². The Hall–Kier alpha value is -6.33. The van der Waals surface area contributed by atoms with E-state index in [0.717, 1.165) is 88.8 Å². The van der Waals surface area contributed by atoms with Gasteiger partial charge < -0.3 is 0 Å². The van der Waals surface area contributed by atoms with Crippen molar-refractivity contribution in [1.29, 1.82) is 0 Å². The zero-order valence-electron chi connectivity index (χ0n) is 24.7. The molecule has 5 heteroatoms. The van der Waals surface area contributed by atoms with Gasteiger partial charge in [-0.1, -0.05) is 109 Å². The molecule has 0 radical (unpaired) electrons. The largest absolute Gasteiger partial charge is 0.255 e. The summed E-state index contributed by atoms with van der Waals surface area (Å²) in [6.45, 7) is 0. The minimum absolute atomic E-state index is 0.817. The van der Waals surface area contributed by atoms with Crippen LogP contribution in [0.3, 0.4) is 0 Å². The topological polar surface area (TPSA) is 64.5 Å². The summed E-state index contributed by atoms with van der Waals surface area (Å²) in [5.74, 6) is 0. The highest BCUT2D eigenvalue weighted by molar-refractivity contribution is 6.08. The lowest BCUT2D eigenvalue weighted by Crippen LogP contribution is -1.99. The third kappa shape index (κ3) is 4.37. The fraction of sp³-hybridized carbons (Fsp3) is 0. The number of benzene rings is 5. The monoisotopic (exact) mass is 587 g/mol. The highest BCUT2D eigenvalue weighted by Crippen LogP contribution is 2.41. The van der Waals surface area contributed by atoms with Gasteiger partial charge >= 0.3 is 0 Å². The molecule has 5 nitrogen and oxygen atoms in total. The molecule has 9 rings (SSSR count). The molecule has 0 N–H and O–H groups in total. The fourth-order valence-corrected chi connectivity index (χ4v) is 6.29. The van der Waals surface area contributed by atoms with Gasteiger partial charge in [0.2, 0.25) is 0 Å². The normalized spacial score (nSPS) is 11.5. The third-order valence-corrected chi connectivity index (χ3v) is 8.51. The van der Waals surface area contributed by atoms with Gasteiger partial charge in [0.25, 0.3) is 0 Å². The minimum Gasteiger partial charge on any atom is -0.255 e. The molecule has 0 atom stereocenters. The first-order chi connectivity index (χ1) is 22.8. The van der Waals surface area contributed by atoms with Crippen LogP contribution in [0.4, 0.5) is 0 Å². The van der Waals surface area contributed by atoms with Gasteiger partial charge in [-0.15, -0.1) is 0 Å². The molecule has 0 aliphatic heterocycles. The highest BCUT2D eigenvalue weighted by Gasteiger charge is 2.20. The Kier molecular flexibility index (Phi) is 6.06. The summed E-state index contributed by atoms with van der Waals surface area (Å²) >= 11 is 0. The molecule has 4 heterocycles. The maximum absolute atomic E-state index is 5.38. The molecule has 9 aromatic rings. The molecule has 0 amide bonds. The van der Waals surface area contributed by atoms with Crippen molar-refractivity contribution in [3.63, 3.8) is 0 Å². The van der Waals surface area contributed by atoms with Crippen LogP contribution in [-0.2, 0) is 0 Å². The lowest BCUT2D eigenvalue weighted by Gasteiger charge is -2.17. The molecule has 0 aliphatic carbocycles. The van der Waals surface area contributed by atoms with Crippen molar-refractivity contribution >= 4 is 43.6 Å². The van der Waals surface area contributed by atoms with Crippen LogP contribution < -0.4 is 0 Å². The molecular formula is C41H25N5. The van der Waals surface area contributed by atoms with Crippen LogP contribution >= 0.6 is 0 Å². The van der Waals surface area contributed by atoms with Gasteiger partial charge in [-0.2, -0.15) is 0 Å². The second-order valence-corrected chi connectivity index (χ2v) is 11.3. The van der Waals surface area contributed by atoms with E-state index >= 15 is 0 Å². The molecule has 0 saturated carbocycles. The van der Waals surface area contributed by atoms with Crippen molar-refractivity contribution in [3.8, 4) is 45.2 Å². The average Bonchev–Trinajstić information content (AvgIpc) is 3.14. The number of hydrogen-bond acceptors (Lipinski definition) is 5. The summed E-state index contributed by atoms with van der Waals surface area (Å²) in [5, 5.41) is 4.29. The second kappa shape index (κ2) is 10.7. The molecule has 5 aromatic carbocycles. The number of para-hydroxylation sites is 2. The number of fused-ring (bicyclic) bond motifs is 5. The standard InChI is InChI=1S/C41H25N5/c1-2-11-27(12-3-1)40-41(45-34-16-7-6-15-33(34)43-40)31-22-19-26-10-4-5-13-30(26)37(31)36-24-21-29-18-17-28-20-23-35(32-14-8-9-25-42-32)44-38(28)39(29)46-36/h1-25H. The quantitative estimate of drug-likeness (QED) is 0.192. The molecule has 0 saturated heterocycles. The summed E-state index contributed by atoms with van der Waals surface area (Å²) in [7, 11) is 0. The Morgan fingerprint density at radius 1 is 0.370 bits per heavy atom. The van der Waals surface area contributed by atoms with Crippen LogP contribution in [0.1, 0.15) is 0 Å². The van der Waals surface area contributed by atoms with Crippen molar-refractivity contribution in [1.82, 2.24) is 24.9 Å². The van der Waals surface area contributed by atoms with Gasteiger partial charge in [0.05, 0.1) is 50.5 Å². The van der Waals surface area contributed by atoms with Gasteiger partial charge in [0.1, 0.15) is 0 Å². The zero-order chi connectivity index (χ0) is 30.5. The first kappa shape index (κ1) is 26.1. The molecule has 0 fully saturated rings. The van der Waals surface area contributed by atoms with Crippen molar-refractivity contribution < 1.29 is 0 Å². The van der Waals surface area contributed by atoms with Gasteiger partial charge in [0.15, 0.2) is 0 Å². The predicted octanol–water partition coefficient (Wildman–Crippen LogP) is 9.94. The fourth-order valence-electron chi connectivity index (χ4n) is 6.29. The lowest BCUT2D eigenvalue weighted by atomic mass is 9.92. The van der Waals surface area contributed by atoms with E-state index in [9.17, 15) is 0 Å². The van der Waals surface area contributed by atoms with E-state index in [4.69, 9.17) is 19.9 Å². The zero-order valence-corrected chi connectivity index (χ0v) is 24.7. The smallest absolute Gasteiger partial charge is 0.0980 e. The Morgan fingerprint density at radius 3 is 1.74 bits per heavy atom. The van der Waals surface area contributed by atoms with Gasteiger partial charge in [0, 0.05) is 33.7 Å². The van der Waals surface area contributed by atoms with Crippen LogP contribution in [0.2, 0.25) is 0 Å². The van der Waals surface area contributed by atoms with E-state index in [0.29, 0.717) is 0 Å². The molecule has 0 spiro atoms. The van der Waals surface area contributed by atoms with Crippen LogP contribution in [0.5, 0.6) is 0 Å². The Morgan fingerprint density at radius 2 is 0.978 bits per heavy atom. The summed E-state index contributed by atoms with van der Waals surface area (Å²) in [4.78, 5) is 25.4. The van der Waals surface area contributed by atoms with Crippen LogP contribution in [0.15, 0.2) is 152 Å². The maximum atomic E-state index is 5.38. The van der Waals surface area contributed by atoms with E-state index in [-0.39, 0.29) is 0 Å². The highest BCUT2D eigenvalue weighted by atomic mass is 14.8. The molecule has 0 bridgehead atoms. The number of pyridine rings is 3. The minimum atomic E-state index is 0.817. The SMILES string of the molecule is c1ccc(-c2nc3ccccc3nc2-c2ccc3ccccc3c2-c2ccc3ccc4ccc(-c5ccccn5)nc4c3n2)cc1. The number of aromatic nitrogens is 5. The Balaban J connectivity index is 1.34. The number of rotatable bonds is 4. The van der Waals surface area contributed by atoms with Crippen LogP contribution in [0.25, 0.3) is 88.8 Å². The van der Waals surface area contributed by atoms with Gasteiger partial charge in [-0.25, -0.2) is 19.9 Å². The van der Waals surface area contributed by atoms with E-state index < -0.39 is 0 Å². The molecule has 0 unspecified atom stereocenters. The summed E-state index contributed by atoms with van der Waals surface area (Å²) < 4.78 is 0. The Labute approximate surface area is 264 Å². The first-order valence-electron chi connectivity index (χ1n) is 15.3. The van der Waals surface area contributed by atoms with E-state index in [1.807, 2.05) is 66.7 Å². The van der Waals surface area contributed by atoms with Crippen molar-refractivity contribution in [2.75, 3.05) is 0 Å². The van der Waals surface area contributed by atoms with E-state index in [1.165, 1.54) is 0 Å². The molecule has 214 valence electrons. The van der Waals surface area contributed by atoms with E-state index in [2.05, 4.69) is 83.8 Å². The molecule has 0 aliphatic rings. The molecule has 4 aromatic heterocycles. The predicted molar refractivity (Wildman–Crippen MR) is 187 cm³/mol. The van der Waals surface area contributed by atoms with E-state index in [1.54, 1.807) is 6.20 Å². The number of nitrogens with zero attached hydrogens (tertiary/aromatic N) is 5. The molecular weight excluding hydrogens is 562 g/mol. The van der Waals surface area contributed by atoms with Gasteiger partial charge in [-0.3, -0.25) is 4.98 Å². The summed E-state index contributed by atoms with van der Waals surface area (Å²) in [5.41, 5.74) is 10.6. The summed E-state index contributed by atoms with van der Waals surface area (Å²) in [6.07, 6.45) is 1.79. The Bertz CT molecular complexity index is 2580. The lowest BCUT2D eigenvalue weighted by molar-refractivity contribution is 1.27. The number of hydrogen-bond donors (Lipinski definition) is 0. The second-order valence-electron chi connectivity index (χ2n) is 11.3. The van der Waals surface area contributed by atoms with Crippen molar-refractivity contribution in [2.24, 2.45) is 0 Å². The summed E-state index contributed by atoms with van der Waals surface area (Å²) in [6, 6.07) is 49.6. The van der Waals surface area contributed by atoms with Crippen LogP contribution in [0, 0.1) is 0 Å². The van der Waals surface area contributed by atoms with Crippen molar-refractivity contribution in [3.05, 3.63) is 152 Å². The first-order valence-corrected chi connectivity index (χ1v) is 15.3. The maximum Gasteiger partial charge on any atom is 0.0980 e. The van der Waals surface area contributed by atoms with Crippen molar-refractivity contribution in [2.45, 2.75) is 0 Å². The van der Waals surface area contributed by atoms with Crippen LogP contribution in [-0.4, -0.2) is 24.9 Å². The third-order valence-electron chi connectivity index (χ3n) is 8.51. The average molecular weight is 588 g/mol.